The standard InChI is InChI=1S/C16H26N8O.HI/c1-17-16(23(2)9-12-4-7-25-10-12)19-6-5-18-14-13-8-22-24(3)15(13)21-11-20-14;/h8,11-12H,4-7,9-10H2,1-3H3,(H,17,19)(H,18,20,21);1H. The molecule has 26 heavy (non-hydrogen) atoms. The fraction of sp³-hybridized carbons (Fsp3) is 0.625. The number of fused-ring (bicyclic) bond motifs is 1. The number of aromatic nitrogens is 4. The first kappa shape index (κ1) is 20.6. The molecule has 1 aliphatic rings. The number of anilines is 1. The van der Waals surface area contributed by atoms with Gasteiger partial charge in [-0.25, -0.2) is 9.97 Å². The molecule has 1 unspecified atom stereocenters. The number of ether oxygens (including phenoxy) is 1. The third-order valence-electron chi connectivity index (χ3n) is 4.36. The van der Waals surface area contributed by atoms with Crippen LogP contribution < -0.4 is 10.6 Å². The molecule has 0 amide bonds. The quantitative estimate of drug-likeness (QED) is 0.279. The van der Waals surface area contributed by atoms with Gasteiger partial charge >= 0.3 is 0 Å². The van der Waals surface area contributed by atoms with Gasteiger partial charge < -0.3 is 20.3 Å². The van der Waals surface area contributed by atoms with Crippen LogP contribution in [0.3, 0.4) is 0 Å². The number of aliphatic imine (C=N–C) groups is 1. The van der Waals surface area contributed by atoms with Gasteiger partial charge in [0.05, 0.1) is 18.2 Å². The van der Waals surface area contributed by atoms with Crippen molar-refractivity contribution in [3.05, 3.63) is 12.5 Å². The van der Waals surface area contributed by atoms with E-state index >= 15 is 0 Å². The van der Waals surface area contributed by atoms with Crippen molar-refractivity contribution in [2.24, 2.45) is 18.0 Å². The third-order valence-corrected chi connectivity index (χ3v) is 4.36. The minimum atomic E-state index is 0. The normalized spacial score (nSPS) is 17.2. The highest BCUT2D eigenvalue weighted by molar-refractivity contribution is 14.0. The summed E-state index contributed by atoms with van der Waals surface area (Å²) >= 11 is 0. The van der Waals surface area contributed by atoms with Crippen LogP contribution >= 0.6 is 24.0 Å². The van der Waals surface area contributed by atoms with Gasteiger partial charge in [0.15, 0.2) is 11.6 Å². The number of hydrogen-bond donors (Lipinski definition) is 2. The summed E-state index contributed by atoms with van der Waals surface area (Å²) in [4.78, 5) is 15.1. The van der Waals surface area contributed by atoms with Gasteiger partial charge in [-0.05, 0) is 6.42 Å². The van der Waals surface area contributed by atoms with E-state index in [1.807, 2.05) is 7.05 Å². The van der Waals surface area contributed by atoms with Crippen molar-refractivity contribution in [1.29, 1.82) is 0 Å². The summed E-state index contributed by atoms with van der Waals surface area (Å²) in [5.41, 5.74) is 0.819. The van der Waals surface area contributed by atoms with Crippen molar-refractivity contribution < 1.29 is 4.74 Å². The fourth-order valence-corrected chi connectivity index (χ4v) is 3.04. The van der Waals surface area contributed by atoms with Crippen LogP contribution in [0.5, 0.6) is 0 Å². The van der Waals surface area contributed by atoms with Crippen molar-refractivity contribution in [3.8, 4) is 0 Å². The first-order valence-corrected chi connectivity index (χ1v) is 8.55. The molecule has 3 heterocycles. The third kappa shape index (κ3) is 4.93. The Balaban J connectivity index is 0.00000243. The van der Waals surface area contributed by atoms with Gasteiger partial charge in [0, 0.05) is 53.3 Å². The molecule has 0 saturated carbocycles. The van der Waals surface area contributed by atoms with E-state index in [9.17, 15) is 0 Å². The van der Waals surface area contributed by atoms with Crippen LogP contribution in [0, 0.1) is 5.92 Å². The molecule has 2 N–H and O–H groups in total. The number of nitrogens with one attached hydrogen (secondary N) is 2. The molecular weight excluding hydrogens is 447 g/mol. The predicted octanol–water partition coefficient (Wildman–Crippen LogP) is 0.937. The molecule has 1 saturated heterocycles. The van der Waals surface area contributed by atoms with Gasteiger partial charge in [0.1, 0.15) is 12.1 Å². The summed E-state index contributed by atoms with van der Waals surface area (Å²) in [5.74, 6) is 2.27. The monoisotopic (exact) mass is 474 g/mol. The minimum absolute atomic E-state index is 0. The Hall–Kier alpha value is -1.69. The summed E-state index contributed by atoms with van der Waals surface area (Å²) in [5, 5.41) is 11.9. The van der Waals surface area contributed by atoms with Gasteiger partial charge in [0.25, 0.3) is 0 Å². The molecule has 2 aromatic rings. The zero-order valence-electron chi connectivity index (χ0n) is 15.5. The van der Waals surface area contributed by atoms with E-state index in [-0.39, 0.29) is 24.0 Å². The predicted molar refractivity (Wildman–Crippen MR) is 113 cm³/mol. The van der Waals surface area contributed by atoms with Crippen molar-refractivity contribution in [1.82, 2.24) is 30.0 Å². The second-order valence-corrected chi connectivity index (χ2v) is 6.24. The molecule has 0 aliphatic carbocycles. The average molecular weight is 474 g/mol. The summed E-state index contributed by atoms with van der Waals surface area (Å²) in [7, 11) is 5.74. The fourth-order valence-electron chi connectivity index (χ4n) is 3.04. The Kier molecular flexibility index (Phi) is 7.82. The smallest absolute Gasteiger partial charge is 0.193 e. The van der Waals surface area contributed by atoms with Gasteiger partial charge in [0.2, 0.25) is 0 Å². The minimum Gasteiger partial charge on any atom is -0.381 e. The van der Waals surface area contributed by atoms with Crippen LogP contribution in [0.25, 0.3) is 11.0 Å². The first-order chi connectivity index (χ1) is 12.2. The summed E-state index contributed by atoms with van der Waals surface area (Å²) in [6.07, 6.45) is 4.45. The number of hydrogen-bond acceptors (Lipinski definition) is 6. The molecule has 1 atom stereocenters. The highest BCUT2D eigenvalue weighted by atomic mass is 127. The van der Waals surface area contributed by atoms with E-state index in [4.69, 9.17) is 4.74 Å². The Bertz CT molecular complexity index is 728. The van der Waals surface area contributed by atoms with E-state index in [2.05, 4.69) is 42.6 Å². The van der Waals surface area contributed by atoms with Gasteiger partial charge in [-0.2, -0.15) is 5.10 Å². The maximum atomic E-state index is 5.44. The van der Waals surface area contributed by atoms with Crippen LogP contribution in [0.1, 0.15) is 6.42 Å². The first-order valence-electron chi connectivity index (χ1n) is 8.55. The van der Waals surface area contributed by atoms with Gasteiger partial charge in [-0.15, -0.1) is 24.0 Å². The Labute approximate surface area is 170 Å². The van der Waals surface area contributed by atoms with Crippen LogP contribution in [0.2, 0.25) is 0 Å². The lowest BCUT2D eigenvalue weighted by molar-refractivity contribution is 0.181. The van der Waals surface area contributed by atoms with E-state index in [0.717, 1.165) is 62.1 Å². The summed E-state index contributed by atoms with van der Waals surface area (Å²) in [6.45, 7) is 4.13. The van der Waals surface area contributed by atoms with Crippen molar-refractivity contribution in [2.45, 2.75) is 6.42 Å². The SMILES string of the molecule is CN=C(NCCNc1ncnc2c1cnn2C)N(C)CC1CCOC1.I. The maximum absolute atomic E-state index is 5.44. The lowest BCUT2D eigenvalue weighted by Crippen LogP contribution is -2.43. The summed E-state index contributed by atoms with van der Waals surface area (Å²) < 4.78 is 7.18. The molecule has 1 aliphatic heterocycles. The highest BCUT2D eigenvalue weighted by Crippen LogP contribution is 2.17. The van der Waals surface area contributed by atoms with Gasteiger partial charge in [-0.3, -0.25) is 9.67 Å². The second-order valence-electron chi connectivity index (χ2n) is 6.24. The van der Waals surface area contributed by atoms with Crippen molar-refractivity contribution >= 4 is 46.8 Å². The molecule has 0 aromatic carbocycles. The van der Waals surface area contributed by atoms with Gasteiger partial charge in [-0.1, -0.05) is 0 Å². The maximum Gasteiger partial charge on any atom is 0.193 e. The zero-order valence-corrected chi connectivity index (χ0v) is 17.8. The topological polar surface area (TPSA) is 92.5 Å². The number of guanidine groups is 1. The molecule has 1 fully saturated rings. The lowest BCUT2D eigenvalue weighted by atomic mass is 10.1. The van der Waals surface area contributed by atoms with Crippen LogP contribution in [0.4, 0.5) is 5.82 Å². The van der Waals surface area contributed by atoms with Crippen molar-refractivity contribution in [3.63, 3.8) is 0 Å². The average Bonchev–Trinajstić information content (AvgIpc) is 3.25. The Morgan fingerprint density at radius 2 is 2.27 bits per heavy atom. The zero-order chi connectivity index (χ0) is 17.6. The number of rotatable bonds is 6. The lowest BCUT2D eigenvalue weighted by Gasteiger charge is -2.24. The van der Waals surface area contributed by atoms with Crippen molar-refractivity contribution in [2.75, 3.05) is 52.3 Å². The molecule has 10 heteroatoms. The Morgan fingerprint density at radius 3 is 3.00 bits per heavy atom. The summed E-state index contributed by atoms with van der Waals surface area (Å²) in [6, 6.07) is 0. The van der Waals surface area contributed by atoms with E-state index in [1.165, 1.54) is 0 Å². The number of aryl methyl sites for hydroxylation is 1. The van der Waals surface area contributed by atoms with E-state index in [0.29, 0.717) is 5.92 Å². The van der Waals surface area contributed by atoms with Crippen LogP contribution in [-0.2, 0) is 11.8 Å². The molecule has 9 nitrogen and oxygen atoms in total. The number of halogens is 1. The van der Waals surface area contributed by atoms with Crippen LogP contribution in [-0.4, -0.2) is 77.6 Å². The highest BCUT2D eigenvalue weighted by Gasteiger charge is 2.18. The molecular formula is C16H27IN8O. The molecule has 144 valence electrons. The molecule has 0 spiro atoms. The Morgan fingerprint density at radius 1 is 1.42 bits per heavy atom. The van der Waals surface area contributed by atoms with E-state index < -0.39 is 0 Å². The molecule has 0 bridgehead atoms. The van der Waals surface area contributed by atoms with Crippen LogP contribution in [0.15, 0.2) is 17.5 Å². The molecule has 3 rings (SSSR count). The largest absolute Gasteiger partial charge is 0.381 e. The van der Waals surface area contributed by atoms with E-state index in [1.54, 1.807) is 24.3 Å². The molecule has 0 radical (unpaired) electrons. The molecule has 2 aromatic heterocycles. The number of nitrogens with zero attached hydrogens (tertiary/aromatic N) is 6. The second kappa shape index (κ2) is 9.86.